The van der Waals surface area contributed by atoms with Crippen LogP contribution in [0.25, 0.3) is 0 Å². The quantitative estimate of drug-likeness (QED) is 0.682. The topological polar surface area (TPSA) is 56.8 Å². The molecule has 0 aliphatic carbocycles. The van der Waals surface area contributed by atoms with Crippen LogP contribution in [0.2, 0.25) is 0 Å². The van der Waals surface area contributed by atoms with Gasteiger partial charge in [-0.2, -0.15) is 13.2 Å². The van der Waals surface area contributed by atoms with E-state index in [4.69, 9.17) is 4.74 Å². The van der Waals surface area contributed by atoms with Gasteiger partial charge in [-0.1, -0.05) is 0 Å². The Hall–Kier alpha value is -0.410. The maximum absolute atomic E-state index is 12.5. The van der Waals surface area contributed by atoms with Gasteiger partial charge in [-0.05, 0) is 19.3 Å². The van der Waals surface area contributed by atoms with Crippen molar-refractivity contribution in [1.82, 2.24) is 15.8 Å². The largest absolute Gasteiger partial charge is 0.405 e. The Morgan fingerprint density at radius 2 is 2.06 bits per heavy atom. The van der Waals surface area contributed by atoms with Crippen LogP contribution in [0.5, 0.6) is 0 Å². The normalized spacial score (nSPS) is 39.2. The molecule has 2 rings (SSSR count). The molecule has 2 aliphatic rings. The van der Waals surface area contributed by atoms with E-state index in [-0.39, 0.29) is 6.42 Å². The number of ether oxygens (including phenoxy) is 1. The van der Waals surface area contributed by atoms with Crippen LogP contribution in [0.3, 0.4) is 0 Å². The summed E-state index contributed by atoms with van der Waals surface area (Å²) in [6.07, 6.45) is -3.95. The van der Waals surface area contributed by atoms with E-state index in [1.54, 1.807) is 0 Å². The second-order valence-corrected chi connectivity index (χ2v) is 4.76. The predicted molar refractivity (Wildman–Crippen MR) is 57.0 cm³/mol. The number of hydrazine groups is 1. The first-order valence-electron chi connectivity index (χ1n) is 6.01. The fraction of sp³-hybridized carbons (Fsp3) is 1.00. The fourth-order valence-electron chi connectivity index (χ4n) is 2.27. The Balaban J connectivity index is 1.86. The van der Waals surface area contributed by atoms with Crippen molar-refractivity contribution in [2.24, 2.45) is 0 Å². The van der Waals surface area contributed by atoms with Crippen molar-refractivity contribution in [3.8, 4) is 0 Å². The summed E-state index contributed by atoms with van der Waals surface area (Å²) < 4.78 is 43.2. The summed E-state index contributed by atoms with van der Waals surface area (Å²) in [7, 11) is 1.52. The second-order valence-electron chi connectivity index (χ2n) is 4.76. The molecule has 8 heteroatoms. The zero-order valence-electron chi connectivity index (χ0n) is 10.1. The highest BCUT2D eigenvalue weighted by Crippen LogP contribution is 2.29. The molecule has 0 radical (unpaired) electrons. The molecule has 0 aromatic rings. The molecule has 5 nitrogen and oxygen atoms in total. The summed E-state index contributed by atoms with van der Waals surface area (Å²) in [5.41, 5.74) is 2.34. The van der Waals surface area contributed by atoms with Crippen molar-refractivity contribution in [1.29, 1.82) is 0 Å². The lowest BCUT2D eigenvalue weighted by molar-refractivity contribution is -0.156. The van der Waals surface area contributed by atoms with Crippen molar-refractivity contribution in [2.75, 3.05) is 7.05 Å². The summed E-state index contributed by atoms with van der Waals surface area (Å²) in [5, 5.41) is 13.5. The standard InChI is InChI=1S/C10H18F3N3O2/c1-16-9(5-6(15-16)10(11,12)13)18-8-4-2-3-7(17)14-8/h6-9,14-15,17H,2-5H2,1H3. The van der Waals surface area contributed by atoms with Gasteiger partial charge in [0.2, 0.25) is 0 Å². The number of aliphatic hydroxyl groups is 1. The second kappa shape index (κ2) is 5.30. The lowest BCUT2D eigenvalue weighted by Gasteiger charge is -2.31. The molecule has 4 atom stereocenters. The lowest BCUT2D eigenvalue weighted by Crippen LogP contribution is -2.48. The van der Waals surface area contributed by atoms with Crippen LogP contribution in [0.1, 0.15) is 25.7 Å². The summed E-state index contributed by atoms with van der Waals surface area (Å²) in [6, 6.07) is -1.57. The predicted octanol–water partition coefficient (Wildman–Crippen LogP) is 0.518. The molecular weight excluding hydrogens is 251 g/mol. The number of aliphatic hydroxyl groups excluding tert-OH is 1. The van der Waals surface area contributed by atoms with Crippen LogP contribution < -0.4 is 10.7 Å². The maximum Gasteiger partial charge on any atom is 0.405 e. The van der Waals surface area contributed by atoms with Gasteiger partial charge in [-0.15, -0.1) is 0 Å². The number of nitrogens with one attached hydrogen (secondary N) is 2. The number of hydrogen-bond donors (Lipinski definition) is 3. The van der Waals surface area contributed by atoms with E-state index < -0.39 is 30.9 Å². The summed E-state index contributed by atoms with van der Waals surface area (Å²) >= 11 is 0. The van der Waals surface area contributed by atoms with Gasteiger partial charge in [0.1, 0.15) is 24.7 Å². The molecular formula is C10H18F3N3O2. The van der Waals surface area contributed by atoms with Crippen molar-refractivity contribution in [3.63, 3.8) is 0 Å². The van der Waals surface area contributed by atoms with Gasteiger partial charge in [0.15, 0.2) is 0 Å². The van der Waals surface area contributed by atoms with Gasteiger partial charge in [-0.25, -0.2) is 10.4 Å². The van der Waals surface area contributed by atoms with E-state index in [0.717, 1.165) is 6.42 Å². The Morgan fingerprint density at radius 3 is 2.61 bits per heavy atom. The minimum Gasteiger partial charge on any atom is -0.379 e. The lowest BCUT2D eigenvalue weighted by atomic mass is 10.1. The molecule has 2 fully saturated rings. The average Bonchev–Trinajstić information content (AvgIpc) is 2.60. The van der Waals surface area contributed by atoms with Crippen LogP contribution >= 0.6 is 0 Å². The molecule has 2 aliphatic heterocycles. The Morgan fingerprint density at radius 1 is 1.33 bits per heavy atom. The number of piperidine rings is 1. The molecule has 0 bridgehead atoms. The number of rotatable bonds is 2. The van der Waals surface area contributed by atoms with E-state index in [2.05, 4.69) is 10.7 Å². The molecule has 2 heterocycles. The zero-order chi connectivity index (χ0) is 13.3. The highest BCUT2D eigenvalue weighted by Gasteiger charge is 2.47. The Bertz CT molecular complexity index is 290. The van der Waals surface area contributed by atoms with Gasteiger partial charge in [0, 0.05) is 13.5 Å². The Labute approximate surface area is 103 Å². The van der Waals surface area contributed by atoms with E-state index in [1.165, 1.54) is 12.1 Å². The van der Waals surface area contributed by atoms with E-state index in [0.29, 0.717) is 12.8 Å². The highest BCUT2D eigenvalue weighted by molar-refractivity contribution is 4.84. The molecule has 0 aromatic carbocycles. The average molecular weight is 269 g/mol. The molecule has 0 aromatic heterocycles. The molecule has 2 saturated heterocycles. The molecule has 4 unspecified atom stereocenters. The van der Waals surface area contributed by atoms with Crippen LogP contribution in [0.15, 0.2) is 0 Å². The first kappa shape index (κ1) is 14.0. The van der Waals surface area contributed by atoms with Crippen LogP contribution in [-0.4, -0.2) is 48.1 Å². The number of halogens is 3. The highest BCUT2D eigenvalue weighted by atomic mass is 19.4. The molecule has 0 amide bonds. The summed E-state index contributed by atoms with van der Waals surface area (Å²) in [5.74, 6) is 0. The van der Waals surface area contributed by atoms with Gasteiger partial charge in [-0.3, -0.25) is 5.32 Å². The van der Waals surface area contributed by atoms with Crippen molar-refractivity contribution >= 4 is 0 Å². The summed E-state index contributed by atoms with van der Waals surface area (Å²) in [4.78, 5) is 0. The number of nitrogens with zero attached hydrogens (tertiary/aromatic N) is 1. The minimum absolute atomic E-state index is 0.145. The monoisotopic (exact) mass is 269 g/mol. The van der Waals surface area contributed by atoms with E-state index >= 15 is 0 Å². The molecule has 0 saturated carbocycles. The fourth-order valence-corrected chi connectivity index (χ4v) is 2.27. The zero-order valence-corrected chi connectivity index (χ0v) is 10.1. The van der Waals surface area contributed by atoms with Crippen LogP contribution in [-0.2, 0) is 4.74 Å². The molecule has 3 N–H and O–H groups in total. The van der Waals surface area contributed by atoms with Crippen molar-refractivity contribution in [3.05, 3.63) is 0 Å². The van der Waals surface area contributed by atoms with Crippen LogP contribution in [0, 0.1) is 0 Å². The van der Waals surface area contributed by atoms with Gasteiger partial charge in [0.05, 0.1) is 0 Å². The summed E-state index contributed by atoms with van der Waals surface area (Å²) in [6.45, 7) is 0. The van der Waals surface area contributed by atoms with Gasteiger partial charge in [0.25, 0.3) is 0 Å². The van der Waals surface area contributed by atoms with Gasteiger partial charge < -0.3 is 9.84 Å². The van der Waals surface area contributed by atoms with Gasteiger partial charge >= 0.3 is 6.18 Å². The van der Waals surface area contributed by atoms with Crippen molar-refractivity contribution in [2.45, 2.75) is 56.6 Å². The third kappa shape index (κ3) is 3.33. The maximum atomic E-state index is 12.5. The van der Waals surface area contributed by atoms with E-state index in [9.17, 15) is 18.3 Å². The first-order chi connectivity index (χ1) is 8.36. The third-order valence-electron chi connectivity index (χ3n) is 3.27. The number of alkyl halides is 3. The van der Waals surface area contributed by atoms with Crippen LogP contribution in [0.4, 0.5) is 13.2 Å². The molecule has 0 spiro atoms. The third-order valence-corrected chi connectivity index (χ3v) is 3.27. The molecule has 18 heavy (non-hydrogen) atoms. The minimum atomic E-state index is -4.27. The number of hydrogen-bond acceptors (Lipinski definition) is 5. The SMILES string of the molecule is CN1NC(C(F)(F)F)CC1OC1CCCC(O)N1. The van der Waals surface area contributed by atoms with Crippen molar-refractivity contribution < 1.29 is 23.0 Å². The molecule has 106 valence electrons. The Kier molecular flexibility index (Phi) is 4.12. The first-order valence-corrected chi connectivity index (χ1v) is 6.01. The van der Waals surface area contributed by atoms with E-state index in [1.807, 2.05) is 0 Å². The smallest absolute Gasteiger partial charge is 0.379 e.